The number of sulfonamides is 1. The fourth-order valence-corrected chi connectivity index (χ4v) is 6.01. The molecule has 0 heterocycles. The molecule has 224 valence electrons. The Bertz CT molecular complexity index is 1620. The van der Waals surface area contributed by atoms with Gasteiger partial charge in [0, 0.05) is 18.1 Å². The maximum absolute atomic E-state index is 14.0. The molecule has 0 aromatic heterocycles. The summed E-state index contributed by atoms with van der Waals surface area (Å²) in [4.78, 5) is 28.4. The van der Waals surface area contributed by atoms with Crippen LogP contribution in [-0.4, -0.2) is 44.3 Å². The summed E-state index contributed by atoms with van der Waals surface area (Å²) in [5, 5.41) is 3.31. The Labute approximate surface area is 257 Å². The van der Waals surface area contributed by atoms with Crippen molar-refractivity contribution in [3.8, 4) is 11.5 Å². The number of hydrogen-bond acceptors (Lipinski definition) is 5. The van der Waals surface area contributed by atoms with Crippen LogP contribution in [0.1, 0.15) is 25.8 Å². The van der Waals surface area contributed by atoms with Crippen molar-refractivity contribution in [1.29, 1.82) is 0 Å². The van der Waals surface area contributed by atoms with Crippen molar-refractivity contribution in [2.75, 3.05) is 17.4 Å². The zero-order valence-electron chi connectivity index (χ0n) is 24.0. The number of hydrogen-bond donors (Lipinski definition) is 1. The van der Waals surface area contributed by atoms with E-state index in [4.69, 9.17) is 16.3 Å². The first-order chi connectivity index (χ1) is 20.7. The Morgan fingerprint density at radius 2 is 1.49 bits per heavy atom. The molecule has 0 aliphatic heterocycles. The summed E-state index contributed by atoms with van der Waals surface area (Å²) in [6.07, 6.45) is 0.730. The summed E-state index contributed by atoms with van der Waals surface area (Å²) < 4.78 is 34.8. The summed E-state index contributed by atoms with van der Waals surface area (Å²) >= 11 is 6.19. The van der Waals surface area contributed by atoms with Crippen molar-refractivity contribution in [3.63, 3.8) is 0 Å². The van der Waals surface area contributed by atoms with Crippen LogP contribution in [0.25, 0.3) is 0 Å². The van der Waals surface area contributed by atoms with E-state index < -0.39 is 28.5 Å². The number of carbonyl (C=O) groups excluding carboxylic acids is 2. The number of amides is 2. The number of para-hydroxylation sites is 1. The van der Waals surface area contributed by atoms with Gasteiger partial charge in [-0.15, -0.1) is 0 Å². The van der Waals surface area contributed by atoms with Crippen LogP contribution in [0.2, 0.25) is 5.02 Å². The van der Waals surface area contributed by atoms with Gasteiger partial charge in [-0.25, -0.2) is 8.42 Å². The Morgan fingerprint density at radius 3 is 2.12 bits per heavy atom. The molecule has 0 radical (unpaired) electrons. The van der Waals surface area contributed by atoms with Gasteiger partial charge in [-0.05, 0) is 79.6 Å². The number of carbonyl (C=O) groups is 2. The summed E-state index contributed by atoms with van der Waals surface area (Å²) in [5.74, 6) is 0.244. The largest absolute Gasteiger partial charge is 0.457 e. The van der Waals surface area contributed by atoms with Crippen LogP contribution >= 0.6 is 11.6 Å². The molecule has 8 nitrogen and oxygen atoms in total. The van der Waals surface area contributed by atoms with E-state index in [1.807, 2.05) is 37.3 Å². The Morgan fingerprint density at radius 1 is 0.860 bits per heavy atom. The predicted octanol–water partition coefficient (Wildman–Crippen LogP) is 6.27. The average Bonchev–Trinajstić information content (AvgIpc) is 3.02. The van der Waals surface area contributed by atoms with Gasteiger partial charge in [0.25, 0.3) is 10.0 Å². The zero-order chi connectivity index (χ0) is 30.8. The van der Waals surface area contributed by atoms with Crippen molar-refractivity contribution >= 4 is 39.1 Å². The highest BCUT2D eigenvalue weighted by Crippen LogP contribution is 2.28. The monoisotopic (exact) mass is 619 g/mol. The molecule has 0 saturated carbocycles. The molecule has 0 bridgehead atoms. The second-order valence-electron chi connectivity index (χ2n) is 9.85. The molecule has 0 saturated heterocycles. The number of benzene rings is 4. The van der Waals surface area contributed by atoms with E-state index in [1.54, 1.807) is 73.7 Å². The molecule has 4 rings (SSSR count). The third-order valence-corrected chi connectivity index (χ3v) is 8.70. The van der Waals surface area contributed by atoms with Crippen LogP contribution in [0.15, 0.2) is 114 Å². The molecule has 0 aliphatic carbocycles. The van der Waals surface area contributed by atoms with Crippen LogP contribution in [0, 0.1) is 0 Å². The lowest BCUT2D eigenvalue weighted by Gasteiger charge is -2.32. The Balaban J connectivity index is 1.68. The summed E-state index contributed by atoms with van der Waals surface area (Å²) in [7, 11) is -4.17. The minimum Gasteiger partial charge on any atom is -0.457 e. The van der Waals surface area contributed by atoms with Crippen molar-refractivity contribution in [2.24, 2.45) is 0 Å². The number of halogens is 1. The molecule has 0 fully saturated rings. The van der Waals surface area contributed by atoms with E-state index in [-0.39, 0.29) is 23.0 Å². The average molecular weight is 620 g/mol. The quantitative estimate of drug-likeness (QED) is 0.190. The minimum absolute atomic E-state index is 0.0301. The molecule has 0 unspecified atom stereocenters. The lowest BCUT2D eigenvalue weighted by atomic mass is 10.1. The highest BCUT2D eigenvalue weighted by atomic mass is 35.5. The van der Waals surface area contributed by atoms with E-state index in [2.05, 4.69) is 5.32 Å². The van der Waals surface area contributed by atoms with Crippen molar-refractivity contribution in [3.05, 3.63) is 120 Å². The molecule has 4 aromatic rings. The number of anilines is 1. The van der Waals surface area contributed by atoms with Gasteiger partial charge < -0.3 is 15.0 Å². The smallest absolute Gasteiger partial charge is 0.264 e. The lowest BCUT2D eigenvalue weighted by molar-refractivity contribution is -0.139. The van der Waals surface area contributed by atoms with Gasteiger partial charge in [0.05, 0.1) is 10.6 Å². The molecule has 0 spiro atoms. The number of rotatable bonds is 13. The number of ether oxygens (including phenoxy) is 1. The zero-order valence-corrected chi connectivity index (χ0v) is 25.6. The van der Waals surface area contributed by atoms with Gasteiger partial charge in [0.1, 0.15) is 24.1 Å². The van der Waals surface area contributed by atoms with E-state index in [0.29, 0.717) is 28.6 Å². The minimum atomic E-state index is -4.17. The van der Waals surface area contributed by atoms with Gasteiger partial charge in [-0.2, -0.15) is 0 Å². The summed E-state index contributed by atoms with van der Waals surface area (Å²) in [6, 6.07) is 29.7. The fraction of sp³-hybridized carbons (Fsp3) is 0.212. The first-order valence-electron chi connectivity index (χ1n) is 13.9. The first kappa shape index (κ1) is 31.6. The van der Waals surface area contributed by atoms with Crippen molar-refractivity contribution < 1.29 is 22.7 Å². The van der Waals surface area contributed by atoms with Crippen LogP contribution in [-0.2, 0) is 26.2 Å². The molecule has 10 heteroatoms. The summed E-state index contributed by atoms with van der Waals surface area (Å²) in [6.45, 7) is 3.53. The van der Waals surface area contributed by atoms with Crippen molar-refractivity contribution in [1.82, 2.24) is 10.2 Å². The molecule has 1 atom stereocenters. The Kier molecular flexibility index (Phi) is 10.8. The van der Waals surface area contributed by atoms with Gasteiger partial charge >= 0.3 is 0 Å². The second-order valence-corrected chi connectivity index (χ2v) is 12.2. The third-order valence-electron chi connectivity index (χ3n) is 6.67. The van der Waals surface area contributed by atoms with Crippen LogP contribution in [0.3, 0.4) is 0 Å². The van der Waals surface area contributed by atoms with Crippen molar-refractivity contribution in [2.45, 2.75) is 37.8 Å². The molecule has 0 aliphatic rings. The van der Waals surface area contributed by atoms with E-state index in [1.165, 1.54) is 17.0 Å². The molecule has 1 N–H and O–H groups in total. The van der Waals surface area contributed by atoms with Gasteiger partial charge in [-0.3, -0.25) is 13.9 Å². The highest BCUT2D eigenvalue weighted by molar-refractivity contribution is 7.92. The van der Waals surface area contributed by atoms with E-state index in [9.17, 15) is 18.0 Å². The molecular weight excluding hydrogens is 586 g/mol. The molecule has 43 heavy (non-hydrogen) atoms. The maximum atomic E-state index is 14.0. The van der Waals surface area contributed by atoms with Gasteiger partial charge in [0.15, 0.2) is 0 Å². The van der Waals surface area contributed by atoms with Crippen LogP contribution < -0.4 is 14.4 Å². The number of nitrogens with zero attached hydrogens (tertiary/aromatic N) is 2. The SMILES string of the molecule is CCCNC(=O)[C@H](C)N(Cc1cccc(Cl)c1)C(=O)CN(c1ccc(Oc2ccccc2)cc1)S(=O)(=O)c1ccccc1. The fourth-order valence-electron chi connectivity index (χ4n) is 4.36. The molecular formula is C33H34ClN3O5S. The highest BCUT2D eigenvalue weighted by Gasteiger charge is 2.32. The lowest BCUT2D eigenvalue weighted by Crippen LogP contribution is -2.51. The molecule has 2 amide bonds. The van der Waals surface area contributed by atoms with Gasteiger partial charge in [0.2, 0.25) is 11.8 Å². The van der Waals surface area contributed by atoms with Crippen LogP contribution in [0.4, 0.5) is 5.69 Å². The van der Waals surface area contributed by atoms with E-state index in [0.717, 1.165) is 10.7 Å². The molecule has 4 aromatic carbocycles. The van der Waals surface area contributed by atoms with Crippen LogP contribution in [0.5, 0.6) is 11.5 Å². The normalized spacial score (nSPS) is 11.8. The second kappa shape index (κ2) is 14.7. The first-order valence-corrected chi connectivity index (χ1v) is 15.7. The maximum Gasteiger partial charge on any atom is 0.264 e. The predicted molar refractivity (Wildman–Crippen MR) is 169 cm³/mol. The standard InChI is InChI=1S/C33H34ClN3O5S/c1-3-21-35-33(39)25(2)36(23-26-11-10-12-27(34)22-26)32(38)24-37(43(40,41)31-15-8-5-9-16-31)28-17-19-30(20-18-28)42-29-13-6-4-7-14-29/h4-20,22,25H,3,21,23-24H2,1-2H3,(H,35,39)/t25-/m0/s1. The Hall–Kier alpha value is -4.34. The summed E-state index contributed by atoms with van der Waals surface area (Å²) in [5.41, 5.74) is 0.972. The number of nitrogens with one attached hydrogen (secondary N) is 1. The topological polar surface area (TPSA) is 96.0 Å². The van der Waals surface area contributed by atoms with E-state index >= 15 is 0 Å². The third kappa shape index (κ3) is 8.37. The van der Waals surface area contributed by atoms with Gasteiger partial charge in [-0.1, -0.05) is 67.1 Å².